The summed E-state index contributed by atoms with van der Waals surface area (Å²) in [5, 5.41) is 3.46. The first-order valence-electron chi connectivity index (χ1n) is 8.88. The lowest BCUT2D eigenvalue weighted by atomic mass is 9.95. The summed E-state index contributed by atoms with van der Waals surface area (Å²) in [4.78, 5) is 14.0. The van der Waals surface area contributed by atoms with E-state index in [1.54, 1.807) is 11.3 Å². The van der Waals surface area contributed by atoms with Crippen molar-refractivity contribution in [3.05, 3.63) is 58.7 Å². The zero-order valence-electron chi connectivity index (χ0n) is 14.6. The van der Waals surface area contributed by atoms with Crippen molar-refractivity contribution in [1.82, 2.24) is 19.8 Å². The molecule has 4 nitrogen and oxygen atoms in total. The zero-order valence-corrected chi connectivity index (χ0v) is 15.5. The molecule has 0 aliphatic carbocycles. The van der Waals surface area contributed by atoms with E-state index < -0.39 is 0 Å². The maximum Gasteiger partial charge on any atom is 0.0795 e. The molecule has 4 rings (SSSR count). The fraction of sp³-hybridized carbons (Fsp3) is 0.400. The molecule has 5 heteroatoms. The summed E-state index contributed by atoms with van der Waals surface area (Å²) in [6.45, 7) is 5.47. The van der Waals surface area contributed by atoms with Gasteiger partial charge in [-0.05, 0) is 37.1 Å². The van der Waals surface area contributed by atoms with Gasteiger partial charge in [0.15, 0.2) is 0 Å². The zero-order chi connectivity index (χ0) is 17.1. The maximum atomic E-state index is 4.51. The fourth-order valence-corrected chi connectivity index (χ4v) is 4.38. The highest BCUT2D eigenvalue weighted by molar-refractivity contribution is 7.07. The van der Waals surface area contributed by atoms with E-state index in [0.717, 1.165) is 44.7 Å². The molecule has 1 aromatic carbocycles. The number of benzene rings is 1. The van der Waals surface area contributed by atoms with Crippen LogP contribution in [0.4, 0.5) is 0 Å². The molecule has 0 amide bonds. The summed E-state index contributed by atoms with van der Waals surface area (Å²) in [5.41, 5.74) is 5.64. The SMILES string of the molecule is CN1CCN(Cc2cscn2)CC(Cc2cccc3ncccc23)C1. The molecule has 0 bridgehead atoms. The van der Waals surface area contributed by atoms with Gasteiger partial charge in [-0.25, -0.2) is 4.98 Å². The second-order valence-electron chi connectivity index (χ2n) is 7.03. The Balaban J connectivity index is 1.53. The summed E-state index contributed by atoms with van der Waals surface area (Å²) in [6.07, 6.45) is 2.97. The molecule has 3 aromatic rings. The van der Waals surface area contributed by atoms with E-state index in [4.69, 9.17) is 0 Å². The third-order valence-electron chi connectivity index (χ3n) is 5.00. The normalized spacial score (nSPS) is 20.0. The van der Waals surface area contributed by atoms with Crippen molar-refractivity contribution in [2.75, 3.05) is 33.2 Å². The molecule has 1 aliphatic rings. The molecule has 0 radical (unpaired) electrons. The van der Waals surface area contributed by atoms with Crippen molar-refractivity contribution in [2.45, 2.75) is 13.0 Å². The van der Waals surface area contributed by atoms with Gasteiger partial charge in [0.2, 0.25) is 0 Å². The van der Waals surface area contributed by atoms with Gasteiger partial charge >= 0.3 is 0 Å². The number of rotatable bonds is 4. The maximum absolute atomic E-state index is 4.51. The number of aromatic nitrogens is 2. The van der Waals surface area contributed by atoms with Crippen LogP contribution in [0, 0.1) is 5.92 Å². The molecular weight excluding hydrogens is 328 g/mol. The van der Waals surface area contributed by atoms with E-state index in [-0.39, 0.29) is 0 Å². The van der Waals surface area contributed by atoms with Crippen LogP contribution in [0.15, 0.2) is 47.4 Å². The van der Waals surface area contributed by atoms with Crippen LogP contribution >= 0.6 is 11.3 Å². The molecule has 25 heavy (non-hydrogen) atoms. The summed E-state index contributed by atoms with van der Waals surface area (Å²) in [7, 11) is 2.24. The molecule has 1 fully saturated rings. The lowest BCUT2D eigenvalue weighted by Gasteiger charge is -2.23. The summed E-state index contributed by atoms with van der Waals surface area (Å²) >= 11 is 1.68. The third kappa shape index (κ3) is 4.06. The smallest absolute Gasteiger partial charge is 0.0795 e. The monoisotopic (exact) mass is 352 g/mol. The number of fused-ring (bicyclic) bond motifs is 1. The van der Waals surface area contributed by atoms with Crippen molar-refractivity contribution in [1.29, 1.82) is 0 Å². The number of hydrogen-bond acceptors (Lipinski definition) is 5. The van der Waals surface area contributed by atoms with Crippen LogP contribution in [0.2, 0.25) is 0 Å². The van der Waals surface area contributed by atoms with Gasteiger partial charge in [-0.2, -0.15) is 0 Å². The molecular formula is C20H24N4S. The Morgan fingerprint density at radius 3 is 2.96 bits per heavy atom. The Labute approximate surface area is 153 Å². The summed E-state index contributed by atoms with van der Waals surface area (Å²) in [5.74, 6) is 0.622. The number of thiazole rings is 1. The first-order chi connectivity index (χ1) is 12.3. The lowest BCUT2D eigenvalue weighted by molar-refractivity contribution is 0.247. The van der Waals surface area contributed by atoms with Crippen molar-refractivity contribution in [3.8, 4) is 0 Å². The number of hydrogen-bond donors (Lipinski definition) is 0. The number of pyridine rings is 1. The minimum absolute atomic E-state index is 0.622. The van der Waals surface area contributed by atoms with E-state index in [9.17, 15) is 0 Å². The van der Waals surface area contributed by atoms with E-state index in [1.165, 1.54) is 16.6 Å². The van der Waals surface area contributed by atoms with Crippen LogP contribution in [-0.4, -0.2) is 53.0 Å². The van der Waals surface area contributed by atoms with Crippen LogP contribution in [0.25, 0.3) is 10.9 Å². The van der Waals surface area contributed by atoms with Gasteiger partial charge in [-0.15, -0.1) is 11.3 Å². The second-order valence-corrected chi connectivity index (χ2v) is 7.75. The second kappa shape index (κ2) is 7.60. The Bertz CT molecular complexity index is 812. The fourth-order valence-electron chi connectivity index (χ4n) is 3.83. The first-order valence-corrected chi connectivity index (χ1v) is 9.83. The minimum atomic E-state index is 0.622. The van der Waals surface area contributed by atoms with Crippen molar-refractivity contribution in [2.24, 2.45) is 5.92 Å². The van der Waals surface area contributed by atoms with E-state index >= 15 is 0 Å². The van der Waals surface area contributed by atoms with Gasteiger partial charge in [0, 0.05) is 49.7 Å². The van der Waals surface area contributed by atoms with E-state index in [0.29, 0.717) is 5.92 Å². The Kier molecular flexibility index (Phi) is 5.06. The highest BCUT2D eigenvalue weighted by atomic mass is 32.1. The van der Waals surface area contributed by atoms with Crippen LogP contribution in [0.3, 0.4) is 0 Å². The minimum Gasteiger partial charge on any atom is -0.305 e. The highest BCUT2D eigenvalue weighted by Crippen LogP contribution is 2.22. The lowest BCUT2D eigenvalue weighted by Crippen LogP contribution is -2.30. The predicted octanol–water partition coefficient (Wildman–Crippen LogP) is 3.30. The Morgan fingerprint density at radius 2 is 2.08 bits per heavy atom. The van der Waals surface area contributed by atoms with Gasteiger partial charge in [0.05, 0.1) is 16.7 Å². The Morgan fingerprint density at radius 1 is 1.12 bits per heavy atom. The molecule has 130 valence electrons. The highest BCUT2D eigenvalue weighted by Gasteiger charge is 2.22. The quantitative estimate of drug-likeness (QED) is 0.721. The molecule has 0 spiro atoms. The number of nitrogens with zero attached hydrogens (tertiary/aromatic N) is 4. The summed E-state index contributed by atoms with van der Waals surface area (Å²) < 4.78 is 0. The van der Waals surface area contributed by atoms with Crippen LogP contribution < -0.4 is 0 Å². The van der Waals surface area contributed by atoms with Crippen LogP contribution in [0.5, 0.6) is 0 Å². The molecule has 0 N–H and O–H groups in total. The topological polar surface area (TPSA) is 32.3 Å². The van der Waals surface area contributed by atoms with Gasteiger partial charge in [-0.3, -0.25) is 9.88 Å². The van der Waals surface area contributed by atoms with Gasteiger partial charge in [0.25, 0.3) is 0 Å². The molecule has 2 aromatic heterocycles. The summed E-state index contributed by atoms with van der Waals surface area (Å²) in [6, 6.07) is 10.7. The largest absolute Gasteiger partial charge is 0.305 e. The van der Waals surface area contributed by atoms with Crippen molar-refractivity contribution >= 4 is 22.2 Å². The van der Waals surface area contributed by atoms with Crippen LogP contribution in [-0.2, 0) is 13.0 Å². The average Bonchev–Trinajstić information content (AvgIpc) is 3.06. The van der Waals surface area contributed by atoms with Gasteiger partial charge in [-0.1, -0.05) is 18.2 Å². The molecule has 1 atom stereocenters. The van der Waals surface area contributed by atoms with E-state index in [2.05, 4.69) is 56.5 Å². The molecule has 1 unspecified atom stereocenters. The molecule has 0 saturated carbocycles. The van der Waals surface area contributed by atoms with Crippen LogP contribution in [0.1, 0.15) is 11.3 Å². The van der Waals surface area contributed by atoms with Gasteiger partial charge < -0.3 is 4.90 Å². The predicted molar refractivity (Wildman–Crippen MR) is 104 cm³/mol. The van der Waals surface area contributed by atoms with E-state index in [1.807, 2.05) is 17.8 Å². The Hall–Kier alpha value is -1.82. The van der Waals surface area contributed by atoms with Crippen molar-refractivity contribution in [3.63, 3.8) is 0 Å². The number of likely N-dealkylation sites (N-methyl/N-ethyl adjacent to an activating group) is 1. The van der Waals surface area contributed by atoms with Gasteiger partial charge in [0.1, 0.15) is 0 Å². The van der Waals surface area contributed by atoms with Crippen molar-refractivity contribution < 1.29 is 0 Å². The average molecular weight is 353 g/mol. The first kappa shape index (κ1) is 16.6. The molecule has 1 aliphatic heterocycles. The standard InChI is InChI=1S/C20H24N4S/c1-23-8-9-24(13-18-14-25-15-22-18)12-16(11-23)10-17-4-2-6-20-19(17)5-3-7-21-20/h2-7,14-16H,8-13H2,1H3. The third-order valence-corrected chi connectivity index (χ3v) is 5.63. The molecule has 3 heterocycles. The molecule has 1 saturated heterocycles.